The molecule has 0 spiro atoms. The molecule has 0 saturated heterocycles. The average Bonchev–Trinajstić information content (AvgIpc) is 2.39. The number of benzene rings is 2. The highest BCUT2D eigenvalue weighted by Crippen LogP contribution is 2.45. The van der Waals surface area contributed by atoms with E-state index in [1.165, 1.54) is 11.1 Å². The molecule has 1 atom stereocenters. The van der Waals surface area contributed by atoms with Crippen LogP contribution >= 0.6 is 7.58 Å². The Bertz CT molecular complexity index is 612. The van der Waals surface area contributed by atoms with E-state index in [-0.39, 0.29) is 0 Å². The van der Waals surface area contributed by atoms with Crippen molar-refractivity contribution in [3.8, 4) is 17.2 Å². The van der Waals surface area contributed by atoms with Crippen LogP contribution in [0.25, 0.3) is 0 Å². The standard InChI is InChI=1S/C14H11O2PS/c1-9-11-4-2-3-5-13(11)15-14-8-10(16-17-18)6-7-12(9)14/h2-9H,1H3. The number of hydrogen-bond acceptors (Lipinski definition) is 3. The summed E-state index contributed by atoms with van der Waals surface area (Å²) in [5, 5.41) is 0. The molecule has 2 nitrogen and oxygen atoms in total. The van der Waals surface area contributed by atoms with Gasteiger partial charge in [0.2, 0.25) is 7.58 Å². The second kappa shape index (κ2) is 4.68. The van der Waals surface area contributed by atoms with Gasteiger partial charge in [0.05, 0.1) is 0 Å². The van der Waals surface area contributed by atoms with E-state index in [9.17, 15) is 0 Å². The molecule has 2 aromatic rings. The molecule has 0 aliphatic carbocycles. The van der Waals surface area contributed by atoms with Crippen molar-refractivity contribution in [2.45, 2.75) is 12.8 Å². The minimum Gasteiger partial charge on any atom is -0.457 e. The van der Waals surface area contributed by atoms with Gasteiger partial charge < -0.3 is 9.26 Å². The van der Waals surface area contributed by atoms with E-state index < -0.39 is 0 Å². The van der Waals surface area contributed by atoms with E-state index in [0.29, 0.717) is 13.5 Å². The molecule has 18 heavy (non-hydrogen) atoms. The first-order valence-electron chi connectivity index (χ1n) is 5.70. The van der Waals surface area contributed by atoms with Crippen LogP contribution in [0.3, 0.4) is 0 Å². The van der Waals surface area contributed by atoms with Gasteiger partial charge in [0.1, 0.15) is 17.2 Å². The van der Waals surface area contributed by atoms with Crippen molar-refractivity contribution >= 4 is 19.4 Å². The number of ether oxygens (including phenoxy) is 1. The van der Waals surface area contributed by atoms with Crippen molar-refractivity contribution in [1.29, 1.82) is 0 Å². The third-order valence-corrected chi connectivity index (χ3v) is 3.71. The molecule has 0 aromatic heterocycles. The van der Waals surface area contributed by atoms with E-state index in [1.54, 1.807) is 0 Å². The Morgan fingerprint density at radius 3 is 2.72 bits per heavy atom. The van der Waals surface area contributed by atoms with Crippen molar-refractivity contribution in [2.75, 3.05) is 0 Å². The van der Waals surface area contributed by atoms with Crippen molar-refractivity contribution < 1.29 is 9.26 Å². The Morgan fingerprint density at radius 1 is 1.11 bits per heavy atom. The molecule has 4 heteroatoms. The molecule has 1 aliphatic heterocycles. The van der Waals surface area contributed by atoms with Crippen LogP contribution in [0.15, 0.2) is 42.5 Å². The van der Waals surface area contributed by atoms with Gasteiger partial charge in [-0.1, -0.05) is 31.2 Å². The fourth-order valence-electron chi connectivity index (χ4n) is 2.28. The summed E-state index contributed by atoms with van der Waals surface area (Å²) < 4.78 is 11.2. The number of rotatable bonds is 2. The van der Waals surface area contributed by atoms with E-state index in [2.05, 4.69) is 13.0 Å². The predicted octanol–water partition coefficient (Wildman–Crippen LogP) is 4.65. The Balaban J connectivity index is 2.07. The van der Waals surface area contributed by atoms with Gasteiger partial charge in [-0.15, -0.1) is 0 Å². The van der Waals surface area contributed by atoms with Crippen molar-refractivity contribution in [2.24, 2.45) is 0 Å². The zero-order valence-electron chi connectivity index (χ0n) is 9.79. The van der Waals surface area contributed by atoms with Gasteiger partial charge in [-0.3, -0.25) is 0 Å². The summed E-state index contributed by atoms with van der Waals surface area (Å²) in [4.78, 5) is 0. The van der Waals surface area contributed by atoms with Crippen LogP contribution in [0, 0.1) is 0 Å². The molecule has 0 bridgehead atoms. The molecule has 1 heterocycles. The van der Waals surface area contributed by atoms with E-state index >= 15 is 0 Å². The van der Waals surface area contributed by atoms with Gasteiger partial charge in [-0.25, -0.2) is 0 Å². The number of para-hydroxylation sites is 1. The van der Waals surface area contributed by atoms with Crippen LogP contribution in [0.5, 0.6) is 17.2 Å². The summed E-state index contributed by atoms with van der Waals surface area (Å²) >= 11 is 4.78. The molecule has 90 valence electrons. The lowest BCUT2D eigenvalue weighted by Crippen LogP contribution is -2.07. The molecule has 0 saturated carbocycles. The average molecular weight is 274 g/mol. The van der Waals surface area contributed by atoms with Crippen LogP contribution in [-0.2, 0) is 11.8 Å². The third kappa shape index (κ3) is 1.90. The molecule has 3 rings (SSSR count). The molecule has 1 aliphatic rings. The fraction of sp³-hybridized carbons (Fsp3) is 0.143. The summed E-state index contributed by atoms with van der Waals surface area (Å²) in [5.74, 6) is 2.86. The molecule has 2 aromatic carbocycles. The summed E-state index contributed by atoms with van der Waals surface area (Å²) in [6.07, 6.45) is 0. The highest BCUT2D eigenvalue weighted by molar-refractivity contribution is 7.94. The minimum atomic E-state index is 0.333. The zero-order chi connectivity index (χ0) is 12.5. The predicted molar refractivity (Wildman–Crippen MR) is 75.4 cm³/mol. The lowest BCUT2D eigenvalue weighted by Gasteiger charge is -2.25. The van der Waals surface area contributed by atoms with Crippen LogP contribution < -0.4 is 9.26 Å². The fourth-order valence-corrected chi connectivity index (χ4v) is 2.74. The Morgan fingerprint density at radius 2 is 1.89 bits per heavy atom. The van der Waals surface area contributed by atoms with Gasteiger partial charge in [0, 0.05) is 23.1 Å². The smallest absolute Gasteiger partial charge is 0.205 e. The summed E-state index contributed by atoms with van der Waals surface area (Å²) in [6.45, 7) is 2.19. The SMILES string of the molecule is CC1c2ccccc2Oc2cc(OP=S)ccc21. The second-order valence-electron chi connectivity index (χ2n) is 4.23. The molecule has 1 unspecified atom stereocenters. The quantitative estimate of drug-likeness (QED) is 0.743. The first-order valence-corrected chi connectivity index (χ1v) is 7.52. The largest absolute Gasteiger partial charge is 0.457 e. The maximum Gasteiger partial charge on any atom is 0.205 e. The van der Waals surface area contributed by atoms with Gasteiger partial charge in [0.25, 0.3) is 0 Å². The lowest BCUT2D eigenvalue weighted by atomic mass is 9.90. The van der Waals surface area contributed by atoms with Gasteiger partial charge >= 0.3 is 0 Å². The van der Waals surface area contributed by atoms with Gasteiger partial charge in [-0.05, 0) is 23.9 Å². The molecule has 0 amide bonds. The Kier molecular flexibility index (Phi) is 3.02. The first kappa shape index (κ1) is 11.6. The third-order valence-electron chi connectivity index (χ3n) is 3.20. The monoisotopic (exact) mass is 274 g/mol. The second-order valence-corrected chi connectivity index (χ2v) is 5.01. The van der Waals surface area contributed by atoms with Crippen molar-refractivity contribution in [1.82, 2.24) is 0 Å². The highest BCUT2D eigenvalue weighted by atomic mass is 32.4. The summed E-state index contributed by atoms with van der Waals surface area (Å²) in [7, 11) is 0.476. The number of hydrogen-bond donors (Lipinski definition) is 0. The number of fused-ring (bicyclic) bond motifs is 2. The molecular weight excluding hydrogens is 263 g/mol. The Labute approximate surface area is 112 Å². The van der Waals surface area contributed by atoms with E-state index in [0.717, 1.165) is 17.2 Å². The van der Waals surface area contributed by atoms with E-state index in [4.69, 9.17) is 21.1 Å². The molecule has 0 radical (unpaired) electrons. The lowest BCUT2D eigenvalue weighted by molar-refractivity contribution is 0.447. The van der Waals surface area contributed by atoms with E-state index in [1.807, 2.05) is 36.4 Å². The molecule has 0 fully saturated rings. The summed E-state index contributed by atoms with van der Waals surface area (Å²) in [6, 6.07) is 14.0. The maximum atomic E-state index is 5.92. The van der Waals surface area contributed by atoms with Gasteiger partial charge in [-0.2, -0.15) is 0 Å². The first-order chi connectivity index (χ1) is 8.79. The van der Waals surface area contributed by atoms with Crippen molar-refractivity contribution in [3.05, 3.63) is 53.6 Å². The Hall–Kier alpha value is -1.44. The van der Waals surface area contributed by atoms with Crippen molar-refractivity contribution in [3.63, 3.8) is 0 Å². The molecular formula is C14H11O2PS. The zero-order valence-corrected chi connectivity index (χ0v) is 11.5. The maximum absolute atomic E-state index is 5.92. The van der Waals surface area contributed by atoms with Gasteiger partial charge in [0.15, 0.2) is 0 Å². The van der Waals surface area contributed by atoms with Crippen LogP contribution in [-0.4, -0.2) is 0 Å². The highest BCUT2D eigenvalue weighted by Gasteiger charge is 2.23. The van der Waals surface area contributed by atoms with Crippen LogP contribution in [0.1, 0.15) is 24.0 Å². The minimum absolute atomic E-state index is 0.333. The topological polar surface area (TPSA) is 18.5 Å². The summed E-state index contributed by atoms with van der Waals surface area (Å²) in [5.41, 5.74) is 2.40. The van der Waals surface area contributed by atoms with Crippen LogP contribution in [0.2, 0.25) is 0 Å². The van der Waals surface area contributed by atoms with Crippen LogP contribution in [0.4, 0.5) is 0 Å². The molecule has 0 N–H and O–H groups in total. The normalized spacial score (nSPS) is 16.6.